The van der Waals surface area contributed by atoms with Crippen molar-refractivity contribution in [3.8, 4) is 0 Å². The molecule has 2 N–H and O–H groups in total. The van der Waals surface area contributed by atoms with Crippen molar-refractivity contribution in [1.82, 2.24) is 9.29 Å². The molecule has 114 valence electrons. The molecule has 20 heavy (non-hydrogen) atoms. The van der Waals surface area contributed by atoms with E-state index in [0.717, 1.165) is 0 Å². The highest BCUT2D eigenvalue weighted by Gasteiger charge is 2.27. The molecule has 0 aliphatic rings. The first kappa shape index (κ1) is 17.2. The Labute approximate surface area is 124 Å². The molecule has 0 saturated carbocycles. The van der Waals surface area contributed by atoms with Gasteiger partial charge >= 0.3 is 0 Å². The number of anilines is 1. The molecule has 0 radical (unpaired) electrons. The Bertz CT molecular complexity index is 549. The second kappa shape index (κ2) is 7.21. The zero-order valence-electron chi connectivity index (χ0n) is 11.8. The lowest BCUT2D eigenvalue weighted by molar-refractivity contribution is 0.258. The molecule has 8 heteroatoms. The molecule has 1 heterocycles. The van der Waals surface area contributed by atoms with Crippen LogP contribution in [0.1, 0.15) is 20.3 Å². The smallest absolute Gasteiger partial charge is 0.244 e. The van der Waals surface area contributed by atoms with E-state index in [1.807, 2.05) is 0 Å². The lowest BCUT2D eigenvalue weighted by Crippen LogP contribution is -2.38. The van der Waals surface area contributed by atoms with Gasteiger partial charge in [-0.25, -0.2) is 13.4 Å². The number of aliphatic hydroxyl groups excluding tert-OH is 1. The number of hydrogen-bond acceptors (Lipinski definition) is 5. The molecule has 0 unspecified atom stereocenters. The Morgan fingerprint density at radius 3 is 2.60 bits per heavy atom. The Kier molecular flexibility index (Phi) is 6.19. The topological polar surface area (TPSA) is 82.5 Å². The van der Waals surface area contributed by atoms with Crippen LogP contribution in [0.4, 0.5) is 5.82 Å². The maximum Gasteiger partial charge on any atom is 0.244 e. The summed E-state index contributed by atoms with van der Waals surface area (Å²) in [4.78, 5) is 4.04. The first-order chi connectivity index (χ1) is 9.34. The molecule has 0 aliphatic carbocycles. The van der Waals surface area contributed by atoms with Crippen LogP contribution in [-0.4, -0.2) is 49.1 Å². The van der Waals surface area contributed by atoms with Crippen LogP contribution in [0.15, 0.2) is 17.2 Å². The zero-order chi connectivity index (χ0) is 15.3. The number of pyridine rings is 1. The van der Waals surface area contributed by atoms with Crippen LogP contribution in [0.3, 0.4) is 0 Å². The summed E-state index contributed by atoms with van der Waals surface area (Å²) in [5, 5.41) is 11.9. The van der Waals surface area contributed by atoms with Crippen LogP contribution in [-0.2, 0) is 10.0 Å². The second-order valence-corrected chi connectivity index (χ2v) is 6.84. The summed E-state index contributed by atoms with van der Waals surface area (Å²) in [5.41, 5.74) is 0. The van der Waals surface area contributed by atoms with Crippen molar-refractivity contribution in [2.45, 2.75) is 31.2 Å². The van der Waals surface area contributed by atoms with Crippen LogP contribution in [0.2, 0.25) is 5.02 Å². The summed E-state index contributed by atoms with van der Waals surface area (Å²) in [6.45, 7) is 3.76. The Balaban J connectivity index is 3.16. The van der Waals surface area contributed by atoms with Crippen molar-refractivity contribution < 1.29 is 13.5 Å². The fourth-order valence-corrected chi connectivity index (χ4v) is 3.74. The van der Waals surface area contributed by atoms with E-state index in [4.69, 9.17) is 16.7 Å². The van der Waals surface area contributed by atoms with Crippen molar-refractivity contribution in [1.29, 1.82) is 0 Å². The molecule has 0 saturated heterocycles. The number of nitrogens with one attached hydrogen (secondary N) is 1. The molecule has 1 aromatic rings. The fourth-order valence-electron chi connectivity index (χ4n) is 1.76. The molecular weight excluding hydrogens is 302 g/mol. The van der Waals surface area contributed by atoms with Gasteiger partial charge in [0.2, 0.25) is 10.0 Å². The number of nitrogens with zero attached hydrogens (tertiary/aromatic N) is 2. The first-order valence-corrected chi connectivity index (χ1v) is 8.12. The van der Waals surface area contributed by atoms with Crippen molar-refractivity contribution in [2.24, 2.45) is 0 Å². The maximum atomic E-state index is 12.6. The fraction of sp³-hybridized carbons (Fsp3) is 0.583. The molecule has 1 rings (SSSR count). The molecular formula is C12H20ClN3O3S. The van der Waals surface area contributed by atoms with E-state index in [1.165, 1.54) is 16.6 Å². The lowest BCUT2D eigenvalue weighted by atomic mass is 10.3. The Morgan fingerprint density at radius 2 is 2.15 bits per heavy atom. The van der Waals surface area contributed by atoms with E-state index >= 15 is 0 Å². The summed E-state index contributed by atoms with van der Waals surface area (Å²) in [5.74, 6) is 0.428. The molecule has 0 spiro atoms. The standard InChI is InChI=1S/C12H20ClN3O3S/c1-9(2)16(5-4-6-17)20(18,19)10-7-11(13)12(14-3)15-8-10/h7-9,17H,4-6H2,1-3H3,(H,14,15). The summed E-state index contributed by atoms with van der Waals surface area (Å²) < 4.78 is 26.4. The summed E-state index contributed by atoms with van der Waals surface area (Å²) in [6, 6.07) is 1.17. The minimum Gasteiger partial charge on any atom is -0.396 e. The van der Waals surface area contributed by atoms with Gasteiger partial charge in [0.1, 0.15) is 10.7 Å². The number of aromatic nitrogens is 1. The molecule has 6 nitrogen and oxygen atoms in total. The predicted molar refractivity (Wildman–Crippen MR) is 79.5 cm³/mol. The van der Waals surface area contributed by atoms with Crippen LogP contribution >= 0.6 is 11.6 Å². The summed E-state index contributed by atoms with van der Waals surface area (Å²) >= 11 is 5.98. The van der Waals surface area contributed by atoms with E-state index in [9.17, 15) is 8.42 Å². The van der Waals surface area contributed by atoms with Gasteiger partial charge in [-0.1, -0.05) is 11.6 Å². The van der Waals surface area contributed by atoms with Crippen molar-refractivity contribution >= 4 is 27.4 Å². The van der Waals surface area contributed by atoms with Crippen LogP contribution < -0.4 is 5.32 Å². The van der Waals surface area contributed by atoms with Crippen LogP contribution in [0, 0.1) is 0 Å². The number of hydrogen-bond donors (Lipinski definition) is 2. The molecule has 0 atom stereocenters. The Hall–Kier alpha value is -0.890. The number of rotatable bonds is 7. The van der Waals surface area contributed by atoms with E-state index in [0.29, 0.717) is 12.2 Å². The minimum absolute atomic E-state index is 0.0492. The summed E-state index contributed by atoms with van der Waals surface area (Å²) in [6.07, 6.45) is 1.66. The van der Waals surface area contributed by atoms with Crippen molar-refractivity contribution in [3.05, 3.63) is 17.3 Å². The van der Waals surface area contributed by atoms with Gasteiger partial charge in [-0.3, -0.25) is 0 Å². The molecule has 1 aromatic heterocycles. The third-order valence-electron chi connectivity index (χ3n) is 2.77. The normalized spacial score (nSPS) is 12.2. The SMILES string of the molecule is CNc1ncc(S(=O)(=O)N(CCCO)C(C)C)cc1Cl. The molecule has 0 fully saturated rings. The monoisotopic (exact) mass is 321 g/mol. The Morgan fingerprint density at radius 1 is 1.50 bits per heavy atom. The average Bonchev–Trinajstić information content (AvgIpc) is 2.38. The summed E-state index contributed by atoms with van der Waals surface area (Å²) in [7, 11) is -2.02. The van der Waals surface area contributed by atoms with Gasteiger partial charge in [0.15, 0.2) is 0 Å². The van der Waals surface area contributed by atoms with Gasteiger partial charge in [-0.15, -0.1) is 0 Å². The van der Waals surface area contributed by atoms with Gasteiger partial charge in [-0.05, 0) is 26.3 Å². The van der Waals surface area contributed by atoms with E-state index in [-0.39, 0.29) is 29.1 Å². The molecule has 0 amide bonds. The molecule has 0 aliphatic heterocycles. The first-order valence-electron chi connectivity index (χ1n) is 6.30. The van der Waals surface area contributed by atoms with E-state index in [2.05, 4.69) is 10.3 Å². The third-order valence-corrected chi connectivity index (χ3v) is 5.10. The highest BCUT2D eigenvalue weighted by Crippen LogP contribution is 2.25. The largest absolute Gasteiger partial charge is 0.396 e. The van der Waals surface area contributed by atoms with Gasteiger partial charge in [0.25, 0.3) is 0 Å². The predicted octanol–water partition coefficient (Wildman–Crippen LogP) is 1.56. The zero-order valence-corrected chi connectivity index (χ0v) is 13.4. The van der Waals surface area contributed by atoms with E-state index in [1.54, 1.807) is 20.9 Å². The highest BCUT2D eigenvalue weighted by atomic mass is 35.5. The van der Waals surface area contributed by atoms with Crippen LogP contribution in [0.25, 0.3) is 0 Å². The third kappa shape index (κ3) is 3.82. The van der Waals surface area contributed by atoms with Gasteiger partial charge in [-0.2, -0.15) is 4.31 Å². The second-order valence-electron chi connectivity index (χ2n) is 4.54. The minimum atomic E-state index is -3.67. The average molecular weight is 322 g/mol. The maximum absolute atomic E-state index is 12.6. The van der Waals surface area contributed by atoms with Crippen LogP contribution in [0.5, 0.6) is 0 Å². The van der Waals surface area contributed by atoms with Crippen molar-refractivity contribution in [3.63, 3.8) is 0 Å². The number of halogens is 1. The van der Waals surface area contributed by atoms with Gasteiger partial charge in [0, 0.05) is 32.4 Å². The number of aliphatic hydroxyl groups is 1. The molecule has 0 bridgehead atoms. The van der Waals surface area contributed by atoms with E-state index < -0.39 is 10.0 Å². The van der Waals surface area contributed by atoms with Crippen molar-refractivity contribution in [2.75, 3.05) is 25.5 Å². The van der Waals surface area contributed by atoms with Gasteiger partial charge < -0.3 is 10.4 Å². The lowest BCUT2D eigenvalue weighted by Gasteiger charge is -2.25. The quantitative estimate of drug-likeness (QED) is 0.796. The van der Waals surface area contributed by atoms with Gasteiger partial charge in [0.05, 0.1) is 5.02 Å². The molecule has 0 aromatic carbocycles. The number of sulfonamides is 1. The highest BCUT2D eigenvalue weighted by molar-refractivity contribution is 7.89.